The molecule has 29 heavy (non-hydrogen) atoms. The van der Waals surface area contributed by atoms with Crippen molar-refractivity contribution in [1.82, 2.24) is 9.55 Å². The zero-order chi connectivity index (χ0) is 20.5. The molecule has 4 rings (SSSR count). The maximum absolute atomic E-state index is 13.0. The van der Waals surface area contributed by atoms with Crippen molar-refractivity contribution in [2.24, 2.45) is 7.05 Å². The second-order valence-electron chi connectivity index (χ2n) is 7.12. The Morgan fingerprint density at radius 1 is 1.17 bits per heavy atom. The van der Waals surface area contributed by atoms with Gasteiger partial charge in [0.05, 0.1) is 5.56 Å². The smallest absolute Gasteiger partial charge is 0.279 e. The molecule has 1 aliphatic rings. The highest BCUT2D eigenvalue weighted by Crippen LogP contribution is 2.38. The van der Waals surface area contributed by atoms with E-state index in [0.717, 1.165) is 15.6 Å². The van der Waals surface area contributed by atoms with Crippen LogP contribution in [0.2, 0.25) is 0 Å². The number of anilines is 1. The molecule has 0 saturated heterocycles. The molecule has 0 spiro atoms. The van der Waals surface area contributed by atoms with Crippen LogP contribution in [0, 0.1) is 6.92 Å². The van der Waals surface area contributed by atoms with Gasteiger partial charge in [-0.25, -0.2) is 0 Å². The minimum absolute atomic E-state index is 0.103. The molecule has 0 bridgehead atoms. The summed E-state index contributed by atoms with van der Waals surface area (Å²) in [5, 5.41) is 3.48. The van der Waals surface area contributed by atoms with Gasteiger partial charge in [0.15, 0.2) is 5.16 Å². The van der Waals surface area contributed by atoms with Gasteiger partial charge in [0.25, 0.3) is 5.56 Å². The summed E-state index contributed by atoms with van der Waals surface area (Å²) in [6, 6.07) is 16.0. The molecule has 1 aliphatic heterocycles. The van der Waals surface area contributed by atoms with Crippen molar-refractivity contribution in [1.29, 1.82) is 0 Å². The first-order valence-electron chi connectivity index (χ1n) is 9.27. The molecule has 5 nitrogen and oxygen atoms in total. The van der Waals surface area contributed by atoms with Crippen LogP contribution in [-0.4, -0.2) is 15.5 Å². The van der Waals surface area contributed by atoms with Gasteiger partial charge in [0, 0.05) is 29.6 Å². The molecule has 1 N–H and O–H groups in total. The van der Waals surface area contributed by atoms with Crippen LogP contribution in [0.25, 0.3) is 0 Å². The van der Waals surface area contributed by atoms with Gasteiger partial charge in [-0.1, -0.05) is 75.7 Å². The van der Waals surface area contributed by atoms with Gasteiger partial charge < -0.3 is 9.88 Å². The Morgan fingerprint density at radius 3 is 2.62 bits per heavy atom. The molecule has 148 valence electrons. The highest BCUT2D eigenvalue weighted by atomic mass is 79.9. The lowest BCUT2D eigenvalue weighted by Crippen LogP contribution is -2.33. The van der Waals surface area contributed by atoms with Crippen LogP contribution in [0.15, 0.2) is 63.0 Å². The highest BCUT2D eigenvalue weighted by molar-refractivity contribution is 9.10. The van der Waals surface area contributed by atoms with Gasteiger partial charge in [0.1, 0.15) is 5.82 Å². The van der Waals surface area contributed by atoms with Crippen LogP contribution in [0.5, 0.6) is 0 Å². The fraction of sp³-hybridized carbons (Fsp3) is 0.227. The summed E-state index contributed by atoms with van der Waals surface area (Å²) < 4.78 is 2.70. The van der Waals surface area contributed by atoms with Gasteiger partial charge >= 0.3 is 0 Å². The van der Waals surface area contributed by atoms with E-state index in [1.807, 2.05) is 35.9 Å². The molecule has 1 aromatic heterocycles. The number of nitrogens with zero attached hydrogens (tertiary/aromatic N) is 2. The van der Waals surface area contributed by atoms with Crippen LogP contribution in [-0.2, 0) is 17.6 Å². The largest absolute Gasteiger partial charge is 0.312 e. The lowest BCUT2D eigenvalue weighted by atomic mass is 9.87. The Hall–Kier alpha value is -2.38. The molecule has 1 atom stereocenters. The normalized spacial score (nSPS) is 15.7. The van der Waals surface area contributed by atoms with E-state index < -0.39 is 0 Å². The number of rotatable bonds is 4. The fourth-order valence-electron chi connectivity index (χ4n) is 3.52. The van der Waals surface area contributed by atoms with Crippen molar-refractivity contribution in [2.45, 2.75) is 30.2 Å². The molecular weight excluding hydrogens is 450 g/mol. The second-order valence-corrected chi connectivity index (χ2v) is 8.92. The van der Waals surface area contributed by atoms with Crippen molar-refractivity contribution in [3.63, 3.8) is 0 Å². The van der Waals surface area contributed by atoms with E-state index in [1.165, 1.54) is 17.3 Å². The Bertz CT molecular complexity index is 1140. The average molecular weight is 470 g/mol. The van der Waals surface area contributed by atoms with Crippen molar-refractivity contribution < 1.29 is 4.79 Å². The zero-order valence-corrected chi connectivity index (χ0v) is 18.5. The average Bonchev–Trinajstić information content (AvgIpc) is 2.70. The number of fused-ring (bicyclic) bond motifs is 1. The van der Waals surface area contributed by atoms with Gasteiger partial charge in [-0.15, -0.1) is 0 Å². The molecule has 3 aromatic rings. The van der Waals surface area contributed by atoms with Crippen molar-refractivity contribution in [2.75, 3.05) is 5.32 Å². The Morgan fingerprint density at radius 2 is 1.90 bits per heavy atom. The van der Waals surface area contributed by atoms with E-state index in [0.29, 0.717) is 22.3 Å². The summed E-state index contributed by atoms with van der Waals surface area (Å²) >= 11 is 5.04. The van der Waals surface area contributed by atoms with Crippen LogP contribution in [0.1, 0.15) is 34.6 Å². The Balaban J connectivity index is 1.72. The molecule has 2 heterocycles. The molecule has 0 aliphatic carbocycles. The standard InChI is InChI=1S/C22H20BrN3O2S/c1-13-7-9-14(10-8-13)12-29-22-25-21(28)19-16(15-5-3-4-6-17(15)23)11-18(27)24-20(19)26(22)2/h3-10,16H,11-12H2,1-2H3,(H,24,27). The van der Waals surface area contributed by atoms with E-state index >= 15 is 0 Å². The van der Waals surface area contributed by atoms with E-state index in [-0.39, 0.29) is 23.8 Å². The number of hydrogen-bond acceptors (Lipinski definition) is 4. The van der Waals surface area contributed by atoms with Gasteiger partial charge in [-0.05, 0) is 24.1 Å². The number of aryl methyl sites for hydroxylation is 1. The molecular formula is C22H20BrN3O2S. The van der Waals surface area contributed by atoms with Crippen LogP contribution in [0.4, 0.5) is 5.82 Å². The Kier molecular flexibility index (Phi) is 5.61. The maximum Gasteiger partial charge on any atom is 0.279 e. The number of hydrogen-bond donors (Lipinski definition) is 1. The monoisotopic (exact) mass is 469 g/mol. The number of benzene rings is 2. The molecule has 1 unspecified atom stereocenters. The van der Waals surface area contributed by atoms with Crippen molar-refractivity contribution in [3.8, 4) is 0 Å². The summed E-state index contributed by atoms with van der Waals surface area (Å²) in [7, 11) is 1.84. The zero-order valence-electron chi connectivity index (χ0n) is 16.1. The van der Waals surface area contributed by atoms with Gasteiger partial charge in [-0.2, -0.15) is 4.98 Å². The molecule has 0 saturated carbocycles. The molecule has 1 amide bonds. The van der Waals surface area contributed by atoms with E-state index in [9.17, 15) is 9.59 Å². The summed E-state index contributed by atoms with van der Waals surface area (Å²) in [6.07, 6.45) is 0.225. The van der Waals surface area contributed by atoms with Gasteiger partial charge in [0.2, 0.25) is 5.91 Å². The lowest BCUT2D eigenvalue weighted by molar-refractivity contribution is -0.116. The predicted molar refractivity (Wildman–Crippen MR) is 119 cm³/mol. The molecule has 7 heteroatoms. The third kappa shape index (κ3) is 4.02. The van der Waals surface area contributed by atoms with E-state index in [1.54, 1.807) is 0 Å². The Labute approximate surface area is 181 Å². The third-order valence-electron chi connectivity index (χ3n) is 5.07. The van der Waals surface area contributed by atoms with Crippen LogP contribution in [0.3, 0.4) is 0 Å². The summed E-state index contributed by atoms with van der Waals surface area (Å²) in [6.45, 7) is 2.05. The summed E-state index contributed by atoms with van der Waals surface area (Å²) in [5.74, 6) is 0.806. The number of carbonyl (C=O) groups is 1. The van der Waals surface area contributed by atoms with Crippen LogP contribution < -0.4 is 10.9 Å². The van der Waals surface area contributed by atoms with Crippen molar-refractivity contribution >= 4 is 39.4 Å². The minimum atomic E-state index is -0.323. The first-order valence-corrected chi connectivity index (χ1v) is 11.1. The second kappa shape index (κ2) is 8.16. The summed E-state index contributed by atoms with van der Waals surface area (Å²) in [4.78, 5) is 29.8. The highest BCUT2D eigenvalue weighted by Gasteiger charge is 2.32. The quantitative estimate of drug-likeness (QED) is 0.447. The number of halogens is 1. The van der Waals surface area contributed by atoms with Gasteiger partial charge in [-0.3, -0.25) is 9.59 Å². The van der Waals surface area contributed by atoms with E-state index in [4.69, 9.17) is 0 Å². The first-order chi connectivity index (χ1) is 13.9. The van der Waals surface area contributed by atoms with Crippen molar-refractivity contribution in [3.05, 3.63) is 85.6 Å². The number of carbonyl (C=O) groups excluding carboxylic acids is 1. The third-order valence-corrected chi connectivity index (χ3v) is 6.89. The fourth-order valence-corrected chi connectivity index (χ4v) is 5.00. The SMILES string of the molecule is Cc1ccc(CSc2nc(=O)c3c(n2C)NC(=O)CC3c2ccccc2Br)cc1. The number of amides is 1. The van der Waals surface area contributed by atoms with Crippen LogP contribution >= 0.6 is 27.7 Å². The topological polar surface area (TPSA) is 64.0 Å². The molecule has 0 radical (unpaired) electrons. The lowest BCUT2D eigenvalue weighted by Gasteiger charge is -2.28. The number of nitrogens with one attached hydrogen (secondary N) is 1. The summed E-state index contributed by atoms with van der Waals surface area (Å²) in [5.41, 5.74) is 3.54. The number of aromatic nitrogens is 2. The molecule has 2 aromatic carbocycles. The maximum atomic E-state index is 13.0. The first kappa shape index (κ1) is 19.9. The minimum Gasteiger partial charge on any atom is -0.312 e. The predicted octanol–water partition coefficient (Wildman–Crippen LogP) is 4.62. The van der Waals surface area contributed by atoms with E-state index in [2.05, 4.69) is 57.4 Å². The molecule has 0 fully saturated rings. The number of thioether (sulfide) groups is 1.